The second-order valence-electron chi connectivity index (χ2n) is 8.06. The number of carbonyl (C=O) groups excluding carboxylic acids is 2. The highest BCUT2D eigenvalue weighted by Crippen LogP contribution is 2.30. The first-order valence-electron chi connectivity index (χ1n) is 11.6. The van der Waals surface area contributed by atoms with Crippen LogP contribution in [0.25, 0.3) is 5.69 Å². The van der Waals surface area contributed by atoms with Crippen LogP contribution in [0.1, 0.15) is 48.4 Å². The van der Waals surface area contributed by atoms with Gasteiger partial charge in [-0.2, -0.15) is 0 Å². The summed E-state index contributed by atoms with van der Waals surface area (Å²) in [6.07, 6.45) is 4.32. The van der Waals surface area contributed by atoms with Gasteiger partial charge in [0.05, 0.1) is 11.4 Å². The Morgan fingerprint density at radius 1 is 1.03 bits per heavy atom. The molecule has 0 unspecified atom stereocenters. The molecule has 0 bridgehead atoms. The fraction of sp³-hybridized carbons (Fsp3) is 0.346. The van der Waals surface area contributed by atoms with E-state index in [1.165, 1.54) is 23.9 Å². The third-order valence-corrected chi connectivity index (χ3v) is 6.83. The van der Waals surface area contributed by atoms with Crippen LogP contribution in [0, 0.1) is 0 Å². The number of hydrogen-bond donors (Lipinski definition) is 1. The van der Waals surface area contributed by atoms with Crippen LogP contribution < -0.4 is 5.32 Å². The second-order valence-corrected chi connectivity index (χ2v) is 9.00. The van der Waals surface area contributed by atoms with Crippen LogP contribution in [0.15, 0.2) is 59.8 Å². The van der Waals surface area contributed by atoms with E-state index in [2.05, 4.69) is 22.0 Å². The number of amides is 2. The molecule has 0 fully saturated rings. The Balaban J connectivity index is 1.47. The minimum atomic E-state index is -0.118. The number of imidazole rings is 1. The van der Waals surface area contributed by atoms with Crippen molar-refractivity contribution in [3.8, 4) is 5.69 Å². The van der Waals surface area contributed by atoms with Crippen LogP contribution >= 0.6 is 11.8 Å². The Labute approximate surface area is 199 Å². The predicted molar refractivity (Wildman–Crippen MR) is 133 cm³/mol. The number of para-hydroxylation sites is 1. The molecule has 0 saturated heterocycles. The zero-order valence-corrected chi connectivity index (χ0v) is 20.0. The standard InChI is InChI=1S/C26H30N4O2S/c1-3-29(4-2)25(32)19-11-10-12-20(17-19)27-24(31)18-33-26-28-22-15-8-9-16-23(22)30(26)21-13-6-5-7-14-21/h5-7,10-14,17H,3-4,8-9,15-16,18H2,1-2H3,(H,27,31). The molecule has 0 atom stereocenters. The lowest BCUT2D eigenvalue weighted by molar-refractivity contribution is -0.113. The minimum Gasteiger partial charge on any atom is -0.339 e. The van der Waals surface area contributed by atoms with E-state index in [1.807, 2.05) is 38.1 Å². The molecule has 3 aromatic rings. The quantitative estimate of drug-likeness (QED) is 0.480. The van der Waals surface area contributed by atoms with E-state index in [0.717, 1.165) is 35.8 Å². The van der Waals surface area contributed by atoms with Gasteiger partial charge in [0.15, 0.2) is 5.16 Å². The summed E-state index contributed by atoms with van der Waals surface area (Å²) in [4.78, 5) is 32.0. The number of aryl methyl sites for hydroxylation is 1. The SMILES string of the molecule is CCN(CC)C(=O)c1cccc(NC(=O)CSc2nc3c(n2-c2ccccc2)CCCC3)c1. The van der Waals surface area contributed by atoms with Crippen molar-refractivity contribution in [1.29, 1.82) is 0 Å². The average molecular weight is 463 g/mol. The molecule has 0 spiro atoms. The number of fused-ring (bicyclic) bond motifs is 1. The van der Waals surface area contributed by atoms with Crippen molar-refractivity contribution in [3.05, 3.63) is 71.5 Å². The molecule has 1 aliphatic rings. The molecule has 2 amide bonds. The zero-order chi connectivity index (χ0) is 23.2. The van der Waals surface area contributed by atoms with Crippen LogP contribution in [-0.4, -0.2) is 45.1 Å². The summed E-state index contributed by atoms with van der Waals surface area (Å²) in [5.41, 5.74) is 4.70. The van der Waals surface area contributed by atoms with Gasteiger partial charge in [-0.25, -0.2) is 4.98 Å². The Morgan fingerprint density at radius 2 is 1.79 bits per heavy atom. The zero-order valence-electron chi connectivity index (χ0n) is 19.2. The smallest absolute Gasteiger partial charge is 0.253 e. The maximum Gasteiger partial charge on any atom is 0.253 e. The van der Waals surface area contributed by atoms with E-state index in [1.54, 1.807) is 23.1 Å². The number of thioether (sulfide) groups is 1. The van der Waals surface area contributed by atoms with E-state index in [-0.39, 0.29) is 17.6 Å². The number of anilines is 1. The van der Waals surface area contributed by atoms with E-state index in [9.17, 15) is 9.59 Å². The highest BCUT2D eigenvalue weighted by atomic mass is 32.2. The van der Waals surface area contributed by atoms with E-state index in [0.29, 0.717) is 24.3 Å². The van der Waals surface area contributed by atoms with Gasteiger partial charge in [0.1, 0.15) is 0 Å². The predicted octanol–water partition coefficient (Wildman–Crippen LogP) is 4.96. The van der Waals surface area contributed by atoms with Crippen molar-refractivity contribution in [1.82, 2.24) is 14.5 Å². The van der Waals surface area contributed by atoms with E-state index in [4.69, 9.17) is 4.98 Å². The molecular formula is C26H30N4O2S. The number of benzene rings is 2. The number of nitrogens with one attached hydrogen (secondary N) is 1. The molecule has 0 saturated carbocycles. The van der Waals surface area contributed by atoms with Gasteiger partial charge in [-0.05, 0) is 69.9 Å². The first-order chi connectivity index (χ1) is 16.1. The van der Waals surface area contributed by atoms with Crippen molar-refractivity contribution in [2.75, 3.05) is 24.2 Å². The van der Waals surface area contributed by atoms with Gasteiger partial charge in [0.2, 0.25) is 5.91 Å². The third-order valence-electron chi connectivity index (χ3n) is 5.89. The van der Waals surface area contributed by atoms with E-state index >= 15 is 0 Å². The van der Waals surface area contributed by atoms with Gasteiger partial charge in [0.25, 0.3) is 5.91 Å². The van der Waals surface area contributed by atoms with Crippen LogP contribution in [0.5, 0.6) is 0 Å². The maximum atomic E-state index is 12.7. The Morgan fingerprint density at radius 3 is 2.55 bits per heavy atom. The molecule has 4 rings (SSSR count). The summed E-state index contributed by atoms with van der Waals surface area (Å²) in [6.45, 7) is 5.23. The lowest BCUT2D eigenvalue weighted by Gasteiger charge is -2.19. The molecule has 1 N–H and O–H groups in total. The van der Waals surface area contributed by atoms with Gasteiger partial charge in [-0.1, -0.05) is 36.0 Å². The number of carbonyl (C=O) groups is 2. The van der Waals surface area contributed by atoms with Crippen molar-refractivity contribution in [2.45, 2.75) is 44.7 Å². The number of hydrogen-bond acceptors (Lipinski definition) is 4. The Kier molecular flexibility index (Phi) is 7.50. The summed E-state index contributed by atoms with van der Waals surface area (Å²) in [5, 5.41) is 3.79. The molecule has 1 heterocycles. The highest BCUT2D eigenvalue weighted by molar-refractivity contribution is 7.99. The number of nitrogens with zero attached hydrogens (tertiary/aromatic N) is 3. The first kappa shape index (κ1) is 23.1. The summed E-state index contributed by atoms with van der Waals surface area (Å²) in [6, 6.07) is 17.4. The molecule has 33 heavy (non-hydrogen) atoms. The highest BCUT2D eigenvalue weighted by Gasteiger charge is 2.22. The minimum absolute atomic E-state index is 0.0269. The van der Waals surface area contributed by atoms with Crippen molar-refractivity contribution in [3.63, 3.8) is 0 Å². The summed E-state index contributed by atoms with van der Waals surface area (Å²) in [5.74, 6) is 0.102. The average Bonchev–Trinajstić information content (AvgIpc) is 3.22. The summed E-state index contributed by atoms with van der Waals surface area (Å²) in [7, 11) is 0. The molecule has 0 radical (unpaired) electrons. The van der Waals surface area contributed by atoms with Crippen LogP contribution in [0.2, 0.25) is 0 Å². The van der Waals surface area contributed by atoms with Gasteiger partial charge >= 0.3 is 0 Å². The van der Waals surface area contributed by atoms with Crippen LogP contribution in [0.4, 0.5) is 5.69 Å². The van der Waals surface area contributed by atoms with Gasteiger partial charge in [-0.3, -0.25) is 14.2 Å². The summed E-state index contributed by atoms with van der Waals surface area (Å²) < 4.78 is 2.20. The fourth-order valence-electron chi connectivity index (χ4n) is 4.21. The Bertz CT molecular complexity index is 1120. The van der Waals surface area contributed by atoms with E-state index < -0.39 is 0 Å². The fourth-order valence-corrected chi connectivity index (χ4v) is 5.06. The summed E-state index contributed by atoms with van der Waals surface area (Å²) >= 11 is 1.45. The molecule has 1 aromatic heterocycles. The first-order valence-corrected chi connectivity index (χ1v) is 12.6. The molecule has 172 valence electrons. The topological polar surface area (TPSA) is 67.2 Å². The van der Waals surface area contributed by atoms with Crippen LogP contribution in [-0.2, 0) is 17.6 Å². The molecule has 1 aliphatic carbocycles. The molecule has 6 nitrogen and oxygen atoms in total. The van der Waals surface area contributed by atoms with Crippen molar-refractivity contribution in [2.24, 2.45) is 0 Å². The van der Waals surface area contributed by atoms with Gasteiger partial charge in [-0.15, -0.1) is 0 Å². The normalized spacial score (nSPS) is 12.8. The molecule has 2 aromatic carbocycles. The van der Waals surface area contributed by atoms with Gasteiger partial charge in [0, 0.05) is 35.7 Å². The number of rotatable bonds is 8. The monoisotopic (exact) mass is 462 g/mol. The number of aromatic nitrogens is 2. The van der Waals surface area contributed by atoms with Crippen LogP contribution in [0.3, 0.4) is 0 Å². The molecule has 7 heteroatoms. The molecule has 0 aliphatic heterocycles. The lowest BCUT2D eigenvalue weighted by atomic mass is 10.0. The third kappa shape index (κ3) is 5.30. The largest absolute Gasteiger partial charge is 0.339 e. The molecular weight excluding hydrogens is 432 g/mol. The van der Waals surface area contributed by atoms with Gasteiger partial charge < -0.3 is 10.2 Å². The Hall–Kier alpha value is -3.06. The lowest BCUT2D eigenvalue weighted by Crippen LogP contribution is -2.30. The van der Waals surface area contributed by atoms with Crippen molar-refractivity contribution < 1.29 is 9.59 Å². The second kappa shape index (κ2) is 10.7. The maximum absolute atomic E-state index is 12.7. The van der Waals surface area contributed by atoms with Crippen molar-refractivity contribution >= 4 is 29.3 Å².